The lowest BCUT2D eigenvalue weighted by molar-refractivity contribution is -0.139. The molecule has 4 nitrogen and oxygen atoms in total. The Labute approximate surface area is 140 Å². The largest absolute Gasteiger partial charge is 0.480 e. The van der Waals surface area contributed by atoms with Crippen LogP contribution in [0.15, 0.2) is 36.4 Å². The van der Waals surface area contributed by atoms with E-state index in [-0.39, 0.29) is 10.8 Å². The van der Waals surface area contributed by atoms with E-state index < -0.39 is 12.6 Å². The van der Waals surface area contributed by atoms with E-state index in [2.05, 4.69) is 4.37 Å². The van der Waals surface area contributed by atoms with Crippen LogP contribution in [0.5, 0.6) is 5.75 Å². The van der Waals surface area contributed by atoms with Crippen molar-refractivity contribution in [3.05, 3.63) is 46.4 Å². The SMILES string of the molecule is O=C(O)COc1ccc(-c2nsc3ccccc23)c(Cl)c1Cl. The molecule has 0 aliphatic rings. The minimum Gasteiger partial charge on any atom is -0.480 e. The topological polar surface area (TPSA) is 59.4 Å². The lowest BCUT2D eigenvalue weighted by Crippen LogP contribution is -2.09. The monoisotopic (exact) mass is 353 g/mol. The fourth-order valence-corrected chi connectivity index (χ4v) is 3.30. The Morgan fingerprint density at radius 3 is 2.73 bits per heavy atom. The maximum atomic E-state index is 10.6. The maximum Gasteiger partial charge on any atom is 0.341 e. The summed E-state index contributed by atoms with van der Waals surface area (Å²) in [5, 5.41) is 10.1. The van der Waals surface area contributed by atoms with Crippen molar-refractivity contribution in [2.75, 3.05) is 6.61 Å². The highest BCUT2D eigenvalue weighted by Gasteiger charge is 2.17. The second kappa shape index (κ2) is 6.12. The normalized spacial score (nSPS) is 10.8. The third kappa shape index (κ3) is 2.75. The second-order valence-corrected chi connectivity index (χ2v) is 6.01. The molecule has 0 spiro atoms. The van der Waals surface area contributed by atoms with E-state index in [1.54, 1.807) is 12.1 Å². The van der Waals surface area contributed by atoms with Crippen molar-refractivity contribution in [2.45, 2.75) is 0 Å². The number of rotatable bonds is 4. The predicted octanol–water partition coefficient (Wildman–Crippen LogP) is 4.73. The molecule has 0 radical (unpaired) electrons. The van der Waals surface area contributed by atoms with E-state index in [1.165, 1.54) is 11.5 Å². The van der Waals surface area contributed by atoms with Crippen LogP contribution in [-0.2, 0) is 4.79 Å². The highest BCUT2D eigenvalue weighted by Crippen LogP contribution is 2.41. The highest BCUT2D eigenvalue weighted by molar-refractivity contribution is 7.13. The van der Waals surface area contributed by atoms with E-state index in [1.807, 2.05) is 24.3 Å². The summed E-state index contributed by atoms with van der Waals surface area (Å²) in [6, 6.07) is 11.2. The van der Waals surface area contributed by atoms with Gasteiger partial charge in [-0.3, -0.25) is 0 Å². The number of hydrogen-bond acceptors (Lipinski definition) is 4. The number of carbonyl (C=O) groups is 1. The average Bonchev–Trinajstić information content (AvgIpc) is 2.92. The van der Waals surface area contributed by atoms with Crippen LogP contribution in [0.1, 0.15) is 0 Å². The van der Waals surface area contributed by atoms with Crippen LogP contribution in [-0.4, -0.2) is 22.1 Å². The number of ether oxygens (including phenoxy) is 1. The van der Waals surface area contributed by atoms with E-state index in [0.29, 0.717) is 10.6 Å². The Morgan fingerprint density at radius 1 is 1.18 bits per heavy atom. The molecular formula is C15H9Cl2NO3S. The Morgan fingerprint density at radius 2 is 1.95 bits per heavy atom. The first-order chi connectivity index (χ1) is 10.6. The molecule has 0 amide bonds. The average molecular weight is 354 g/mol. The van der Waals surface area contributed by atoms with Gasteiger partial charge in [0.25, 0.3) is 0 Å². The molecule has 3 aromatic rings. The number of halogens is 2. The molecule has 0 saturated heterocycles. The lowest BCUT2D eigenvalue weighted by Gasteiger charge is -2.10. The van der Waals surface area contributed by atoms with Gasteiger partial charge >= 0.3 is 5.97 Å². The molecule has 1 aromatic heterocycles. The number of carboxylic acid groups (broad SMARTS) is 1. The van der Waals surface area contributed by atoms with Crippen LogP contribution in [0, 0.1) is 0 Å². The third-order valence-corrected chi connectivity index (χ3v) is 4.72. The molecular weight excluding hydrogens is 345 g/mol. The molecule has 22 heavy (non-hydrogen) atoms. The van der Waals surface area contributed by atoms with Crippen molar-refractivity contribution in [1.82, 2.24) is 4.37 Å². The molecule has 0 saturated carbocycles. The number of benzene rings is 2. The van der Waals surface area contributed by atoms with Gasteiger partial charge in [0.15, 0.2) is 6.61 Å². The number of aromatic nitrogens is 1. The van der Waals surface area contributed by atoms with E-state index in [0.717, 1.165) is 15.8 Å². The van der Waals surface area contributed by atoms with Crippen molar-refractivity contribution in [1.29, 1.82) is 0 Å². The van der Waals surface area contributed by atoms with E-state index in [4.69, 9.17) is 33.0 Å². The van der Waals surface area contributed by atoms with Gasteiger partial charge in [0, 0.05) is 10.9 Å². The molecule has 0 aliphatic carbocycles. The number of aliphatic carboxylic acids is 1. The molecule has 7 heteroatoms. The van der Waals surface area contributed by atoms with Crippen molar-refractivity contribution < 1.29 is 14.6 Å². The van der Waals surface area contributed by atoms with Gasteiger partial charge in [0.2, 0.25) is 0 Å². The molecule has 0 fully saturated rings. The molecule has 0 unspecified atom stereocenters. The highest BCUT2D eigenvalue weighted by atomic mass is 35.5. The number of carboxylic acids is 1. The van der Waals surface area contributed by atoms with Gasteiger partial charge in [-0.15, -0.1) is 0 Å². The molecule has 1 N–H and O–H groups in total. The Bertz CT molecular complexity index is 863. The summed E-state index contributed by atoms with van der Waals surface area (Å²) in [7, 11) is 0. The smallest absolute Gasteiger partial charge is 0.341 e. The summed E-state index contributed by atoms with van der Waals surface area (Å²) in [4.78, 5) is 10.6. The number of hydrogen-bond donors (Lipinski definition) is 1. The Hall–Kier alpha value is -1.82. The first-order valence-electron chi connectivity index (χ1n) is 6.25. The molecule has 3 rings (SSSR count). The Balaban J connectivity index is 2.05. The summed E-state index contributed by atoms with van der Waals surface area (Å²) in [6.07, 6.45) is 0. The summed E-state index contributed by atoms with van der Waals surface area (Å²) in [5.41, 5.74) is 1.43. The maximum absolute atomic E-state index is 10.6. The zero-order valence-electron chi connectivity index (χ0n) is 11.0. The van der Waals surface area contributed by atoms with E-state index in [9.17, 15) is 4.79 Å². The molecule has 112 valence electrons. The van der Waals surface area contributed by atoms with Gasteiger partial charge < -0.3 is 9.84 Å². The van der Waals surface area contributed by atoms with Crippen LogP contribution < -0.4 is 4.74 Å². The predicted molar refractivity (Wildman–Crippen MR) is 88.2 cm³/mol. The third-order valence-electron chi connectivity index (χ3n) is 3.03. The minimum absolute atomic E-state index is 0.178. The van der Waals surface area contributed by atoms with Crippen LogP contribution in [0.25, 0.3) is 21.3 Å². The van der Waals surface area contributed by atoms with Crippen molar-refractivity contribution in [3.8, 4) is 17.0 Å². The van der Waals surface area contributed by atoms with E-state index >= 15 is 0 Å². The molecule has 1 heterocycles. The minimum atomic E-state index is -1.08. The van der Waals surface area contributed by atoms with Gasteiger partial charge in [-0.05, 0) is 29.7 Å². The lowest BCUT2D eigenvalue weighted by atomic mass is 10.1. The molecule has 0 aliphatic heterocycles. The Kier molecular flexibility index (Phi) is 4.20. The van der Waals surface area contributed by atoms with Gasteiger partial charge in [-0.2, -0.15) is 4.37 Å². The van der Waals surface area contributed by atoms with Crippen molar-refractivity contribution >= 4 is 50.8 Å². The zero-order chi connectivity index (χ0) is 15.7. The van der Waals surface area contributed by atoms with Crippen LogP contribution in [0.4, 0.5) is 0 Å². The summed E-state index contributed by atoms with van der Waals surface area (Å²) in [5.74, 6) is -0.848. The molecule has 0 bridgehead atoms. The van der Waals surface area contributed by atoms with Crippen LogP contribution in [0.2, 0.25) is 10.0 Å². The van der Waals surface area contributed by atoms with Gasteiger partial charge in [0.1, 0.15) is 10.8 Å². The summed E-state index contributed by atoms with van der Waals surface area (Å²) < 4.78 is 10.6. The quantitative estimate of drug-likeness (QED) is 0.736. The summed E-state index contributed by atoms with van der Waals surface area (Å²) in [6.45, 7) is -0.477. The number of nitrogens with zero attached hydrogens (tertiary/aromatic N) is 1. The second-order valence-electron chi connectivity index (χ2n) is 4.45. The molecule has 2 aromatic carbocycles. The first-order valence-corrected chi connectivity index (χ1v) is 7.78. The standard InChI is InChI=1S/C15H9Cl2NO3S/c16-13-9(5-6-10(14(13)17)21-7-12(19)20)15-8-3-1-2-4-11(8)22-18-15/h1-6H,7H2,(H,19,20). The zero-order valence-corrected chi connectivity index (χ0v) is 13.4. The first kappa shape index (κ1) is 15.1. The van der Waals surface area contributed by atoms with Crippen molar-refractivity contribution in [2.24, 2.45) is 0 Å². The fraction of sp³-hybridized carbons (Fsp3) is 0.0667. The van der Waals surface area contributed by atoms with Crippen molar-refractivity contribution in [3.63, 3.8) is 0 Å². The molecule has 0 atom stereocenters. The van der Waals surface area contributed by atoms with Gasteiger partial charge in [-0.25, -0.2) is 4.79 Å². The fourth-order valence-electron chi connectivity index (χ4n) is 2.05. The number of fused-ring (bicyclic) bond motifs is 1. The van der Waals surface area contributed by atoms with Gasteiger partial charge in [-0.1, -0.05) is 41.4 Å². The van der Waals surface area contributed by atoms with Crippen LogP contribution in [0.3, 0.4) is 0 Å². The summed E-state index contributed by atoms with van der Waals surface area (Å²) >= 11 is 13.9. The van der Waals surface area contributed by atoms with Crippen LogP contribution >= 0.6 is 34.7 Å². The van der Waals surface area contributed by atoms with Gasteiger partial charge in [0.05, 0.1) is 15.4 Å².